The average molecular weight is 1150 g/mol. The predicted octanol–water partition coefficient (Wildman–Crippen LogP) is 11.8. The van der Waals surface area contributed by atoms with Crippen LogP contribution in [0, 0.1) is 0 Å². The largest absolute Gasteiger partial charge is 0.394 e. The van der Waals surface area contributed by atoms with Gasteiger partial charge in [-0.2, -0.15) is 0 Å². The second kappa shape index (κ2) is 51.8. The summed E-state index contributed by atoms with van der Waals surface area (Å²) in [6.45, 7) is 2.63. The van der Waals surface area contributed by atoms with E-state index in [4.69, 9.17) is 18.9 Å². The van der Waals surface area contributed by atoms with Crippen molar-refractivity contribution >= 4 is 5.91 Å². The monoisotopic (exact) mass is 1150 g/mol. The van der Waals surface area contributed by atoms with Gasteiger partial charge in [0.05, 0.1) is 32.0 Å². The minimum Gasteiger partial charge on any atom is -0.394 e. The van der Waals surface area contributed by atoms with Crippen molar-refractivity contribution in [2.75, 3.05) is 19.8 Å². The summed E-state index contributed by atoms with van der Waals surface area (Å²) in [5, 5.41) is 87.2. The number of aliphatic hydroxyl groups excluding tert-OH is 8. The normalized spacial score (nSPS) is 24.8. The number of hydrogen-bond donors (Lipinski definition) is 9. The van der Waals surface area contributed by atoms with E-state index in [0.717, 1.165) is 77.0 Å². The Morgan fingerprint density at radius 2 is 0.854 bits per heavy atom. The topological polar surface area (TPSA) is 228 Å². The molecular weight excluding hydrogens is 1040 g/mol. The summed E-state index contributed by atoms with van der Waals surface area (Å²) in [6.07, 6.45) is 58.1. The molecule has 12 atom stereocenters. The molecule has 1 amide bonds. The molecule has 12 unspecified atom stereocenters. The maximum absolute atomic E-state index is 13.3. The average Bonchev–Trinajstić information content (AvgIpc) is 3.67. The number of hydrogen-bond acceptors (Lipinski definition) is 13. The molecule has 2 heterocycles. The van der Waals surface area contributed by atoms with Crippen molar-refractivity contribution in [1.29, 1.82) is 0 Å². The van der Waals surface area contributed by atoms with Crippen molar-refractivity contribution in [1.82, 2.24) is 5.32 Å². The minimum absolute atomic E-state index is 0.210. The molecule has 0 radical (unpaired) electrons. The summed E-state index contributed by atoms with van der Waals surface area (Å²) < 4.78 is 22.8. The van der Waals surface area contributed by atoms with Gasteiger partial charge in [0.1, 0.15) is 48.8 Å². The zero-order valence-electron chi connectivity index (χ0n) is 50.4. The Balaban J connectivity index is 1.79. The molecule has 2 saturated heterocycles. The Hall–Kier alpha value is -3.61. The van der Waals surface area contributed by atoms with Crippen LogP contribution in [0.4, 0.5) is 0 Å². The number of nitrogens with one attached hydrogen (secondary N) is 1. The van der Waals surface area contributed by atoms with Crippen LogP contribution < -0.4 is 5.32 Å². The molecule has 0 saturated carbocycles. The Kier molecular flexibility index (Phi) is 47.0. The van der Waals surface area contributed by atoms with E-state index < -0.39 is 86.8 Å². The Morgan fingerprint density at radius 1 is 0.451 bits per heavy atom. The zero-order chi connectivity index (χ0) is 59.5. The Bertz CT molecular complexity index is 1840. The third-order valence-corrected chi connectivity index (χ3v) is 14.6. The van der Waals surface area contributed by atoms with Crippen LogP contribution in [0.5, 0.6) is 0 Å². The molecule has 14 nitrogen and oxygen atoms in total. The quantitative estimate of drug-likeness (QED) is 0.0204. The van der Waals surface area contributed by atoms with Crippen molar-refractivity contribution in [3.63, 3.8) is 0 Å². The van der Waals surface area contributed by atoms with E-state index in [2.05, 4.69) is 129 Å². The fraction of sp³-hybridized carbons (Fsp3) is 0.691. The summed E-state index contributed by atoms with van der Waals surface area (Å²) in [6, 6.07) is -0.965. The number of carbonyl (C=O) groups excluding carboxylic acids is 1. The van der Waals surface area contributed by atoms with Crippen LogP contribution in [0.2, 0.25) is 0 Å². The van der Waals surface area contributed by atoms with Crippen molar-refractivity contribution in [3.8, 4) is 0 Å². The molecular formula is C68H113NO13. The lowest BCUT2D eigenvalue weighted by Gasteiger charge is -2.46. The first-order chi connectivity index (χ1) is 40.1. The van der Waals surface area contributed by atoms with Gasteiger partial charge in [-0.05, 0) is 96.3 Å². The number of aliphatic hydroxyl groups is 8. The number of ether oxygens (including phenoxy) is 4. The van der Waals surface area contributed by atoms with E-state index in [1.807, 2.05) is 6.08 Å². The number of allylic oxidation sites excluding steroid dienone is 19. The Labute approximate surface area is 495 Å². The standard InChI is InChI=1S/C68H113NO13/c1-3-5-7-9-11-13-15-17-19-21-23-25-26-27-28-29-30-32-34-36-38-40-42-44-46-48-50-52-60(73)69-56(57(72)51-49-47-45-43-41-39-37-35-33-31-24-22-20-18-16-14-12-10-8-6-4-2)55-79-67-65(78)63(76)66(59(54-71)81-67)82-68-64(77)62(75)61(74)58(53-70)80-68/h5,7,11,13,17,19,23,25,27-28,30,32,36,38,41-44,49,51,56-59,61-68,70-72,74-78H,3-4,6,8-10,12,14-16,18,20-22,24,26,29,31,33-35,37,39-40,45-48,50,52-55H2,1-2H3,(H,69,73)/b7-5-,13-11-,19-17-,25-23-,28-27-,32-30-,38-36-,43-41+,44-42-,51-49+. The van der Waals surface area contributed by atoms with Gasteiger partial charge in [-0.15, -0.1) is 0 Å². The molecule has 2 aliphatic rings. The molecule has 0 aliphatic carbocycles. The van der Waals surface area contributed by atoms with E-state index in [-0.39, 0.29) is 18.9 Å². The lowest BCUT2D eigenvalue weighted by Crippen LogP contribution is -2.65. The van der Waals surface area contributed by atoms with Crippen molar-refractivity contribution < 1.29 is 64.6 Å². The van der Waals surface area contributed by atoms with Gasteiger partial charge in [-0.3, -0.25) is 4.79 Å². The summed E-state index contributed by atoms with van der Waals surface area (Å²) in [7, 11) is 0. The molecule has 2 rings (SSSR count). The predicted molar refractivity (Wildman–Crippen MR) is 332 cm³/mol. The number of carbonyl (C=O) groups is 1. The van der Waals surface area contributed by atoms with E-state index in [0.29, 0.717) is 12.8 Å². The maximum Gasteiger partial charge on any atom is 0.220 e. The molecule has 2 aliphatic heterocycles. The highest BCUT2D eigenvalue weighted by molar-refractivity contribution is 5.76. The fourth-order valence-electron chi connectivity index (χ4n) is 9.56. The molecule has 0 aromatic heterocycles. The molecule has 0 spiro atoms. The zero-order valence-corrected chi connectivity index (χ0v) is 50.4. The van der Waals surface area contributed by atoms with Gasteiger partial charge in [0, 0.05) is 6.42 Å². The molecule has 9 N–H and O–H groups in total. The summed E-state index contributed by atoms with van der Waals surface area (Å²) >= 11 is 0. The first kappa shape index (κ1) is 74.5. The first-order valence-electron chi connectivity index (χ1n) is 31.8. The number of unbranched alkanes of at least 4 members (excludes halogenated alkanes) is 18. The third kappa shape index (κ3) is 36.3. The van der Waals surface area contributed by atoms with Crippen molar-refractivity contribution in [2.45, 2.75) is 280 Å². The van der Waals surface area contributed by atoms with Crippen LogP contribution in [0.15, 0.2) is 122 Å². The van der Waals surface area contributed by atoms with Crippen LogP contribution in [-0.2, 0) is 23.7 Å². The van der Waals surface area contributed by atoms with Crippen molar-refractivity contribution in [3.05, 3.63) is 122 Å². The molecule has 0 bridgehead atoms. The van der Waals surface area contributed by atoms with Crippen LogP contribution >= 0.6 is 0 Å². The minimum atomic E-state index is -1.80. The molecule has 0 aromatic carbocycles. The second-order valence-electron chi connectivity index (χ2n) is 21.8. The van der Waals surface area contributed by atoms with Crippen molar-refractivity contribution in [2.24, 2.45) is 0 Å². The SMILES string of the molecule is CC/C=C\C/C=C\C/C=C\C/C=C\C/C=C\C/C=C\C/C=C\C/C=C\CCCCC(=O)NC(COC1OC(CO)C(OC2OC(CO)C(O)C(O)C2O)C(O)C1O)C(O)/C=C/CC/C=C/CCCCCCCCCCCCCCCCC. The Morgan fingerprint density at radius 3 is 1.34 bits per heavy atom. The second-order valence-corrected chi connectivity index (χ2v) is 21.8. The summed E-state index contributed by atoms with van der Waals surface area (Å²) in [5.74, 6) is -0.296. The molecule has 0 aromatic rings. The van der Waals surface area contributed by atoms with Gasteiger partial charge >= 0.3 is 0 Å². The number of rotatable bonds is 49. The highest BCUT2D eigenvalue weighted by Crippen LogP contribution is 2.30. The lowest BCUT2D eigenvalue weighted by atomic mass is 9.97. The van der Waals surface area contributed by atoms with Crippen LogP contribution in [0.1, 0.15) is 206 Å². The van der Waals surface area contributed by atoms with Gasteiger partial charge in [0.15, 0.2) is 12.6 Å². The van der Waals surface area contributed by atoms with Gasteiger partial charge in [0.2, 0.25) is 5.91 Å². The van der Waals surface area contributed by atoms with Crippen LogP contribution in [0.25, 0.3) is 0 Å². The van der Waals surface area contributed by atoms with E-state index in [1.165, 1.54) is 96.3 Å². The summed E-state index contributed by atoms with van der Waals surface area (Å²) in [5.41, 5.74) is 0. The molecule has 14 heteroatoms. The van der Waals surface area contributed by atoms with Gasteiger partial charge in [-0.1, -0.05) is 225 Å². The molecule has 82 heavy (non-hydrogen) atoms. The molecule has 468 valence electrons. The fourth-order valence-corrected chi connectivity index (χ4v) is 9.56. The van der Waals surface area contributed by atoms with Gasteiger partial charge in [0.25, 0.3) is 0 Å². The lowest BCUT2D eigenvalue weighted by molar-refractivity contribution is -0.359. The van der Waals surface area contributed by atoms with E-state index in [1.54, 1.807) is 6.08 Å². The van der Waals surface area contributed by atoms with Crippen LogP contribution in [-0.4, -0.2) is 140 Å². The highest BCUT2D eigenvalue weighted by atomic mass is 16.7. The van der Waals surface area contributed by atoms with Gasteiger partial charge < -0.3 is 65.1 Å². The third-order valence-electron chi connectivity index (χ3n) is 14.6. The molecule has 2 fully saturated rings. The van der Waals surface area contributed by atoms with E-state index in [9.17, 15) is 45.6 Å². The smallest absolute Gasteiger partial charge is 0.220 e. The first-order valence-corrected chi connectivity index (χ1v) is 31.8. The summed E-state index contributed by atoms with van der Waals surface area (Å²) in [4.78, 5) is 13.3. The van der Waals surface area contributed by atoms with Gasteiger partial charge in [-0.25, -0.2) is 0 Å². The number of amides is 1. The highest BCUT2D eigenvalue weighted by Gasteiger charge is 2.51. The van der Waals surface area contributed by atoms with E-state index >= 15 is 0 Å². The van der Waals surface area contributed by atoms with Crippen LogP contribution in [0.3, 0.4) is 0 Å². The maximum atomic E-state index is 13.3.